The van der Waals surface area contributed by atoms with Crippen molar-refractivity contribution in [2.24, 2.45) is 0 Å². The molecule has 0 atom stereocenters. The Balaban J connectivity index is 2.58. The zero-order valence-electron chi connectivity index (χ0n) is 8.10. The molecule has 0 bridgehead atoms. The summed E-state index contributed by atoms with van der Waals surface area (Å²) in [6, 6.07) is 7.58. The molecule has 0 aliphatic heterocycles. The number of aliphatic hydroxyl groups excluding tert-OH is 2. The monoisotopic (exact) mass is 269 g/mol. The van der Waals surface area contributed by atoms with Gasteiger partial charge in [-0.15, -0.1) is 0 Å². The van der Waals surface area contributed by atoms with E-state index in [4.69, 9.17) is 10.2 Å². The zero-order valence-corrected chi connectivity index (χ0v) is 9.68. The highest BCUT2D eigenvalue weighted by molar-refractivity contribution is 9.10. The molecule has 1 aromatic heterocycles. The first kappa shape index (κ1) is 10.7. The van der Waals surface area contributed by atoms with Crippen LogP contribution in [-0.2, 0) is 0 Å². The van der Waals surface area contributed by atoms with Crippen LogP contribution >= 0.6 is 15.9 Å². The van der Waals surface area contributed by atoms with Crippen LogP contribution in [-0.4, -0.2) is 28.0 Å². The second-order valence-electron chi connectivity index (χ2n) is 3.41. The molecule has 3 nitrogen and oxygen atoms in total. The standard InChI is InChI=1S/C11H12BrNO2/c12-10-2-1-3-11-9(10)4-5-13(11)8(6-14)7-15/h1-5,8,14-15H,6-7H2. The van der Waals surface area contributed by atoms with Crippen molar-refractivity contribution in [2.75, 3.05) is 13.2 Å². The number of fused-ring (bicyclic) bond motifs is 1. The van der Waals surface area contributed by atoms with Gasteiger partial charge in [0.25, 0.3) is 0 Å². The van der Waals surface area contributed by atoms with Crippen LogP contribution in [0.25, 0.3) is 10.9 Å². The number of benzene rings is 1. The van der Waals surface area contributed by atoms with Gasteiger partial charge < -0.3 is 14.8 Å². The van der Waals surface area contributed by atoms with Gasteiger partial charge >= 0.3 is 0 Å². The molecule has 80 valence electrons. The van der Waals surface area contributed by atoms with Gasteiger partial charge in [0.1, 0.15) is 0 Å². The Morgan fingerprint density at radius 2 is 1.93 bits per heavy atom. The maximum absolute atomic E-state index is 9.13. The Hall–Kier alpha value is -0.840. The smallest absolute Gasteiger partial charge is 0.0798 e. The van der Waals surface area contributed by atoms with Crippen LogP contribution in [0.5, 0.6) is 0 Å². The third-order valence-corrected chi connectivity index (χ3v) is 3.22. The van der Waals surface area contributed by atoms with E-state index >= 15 is 0 Å². The predicted octanol–water partition coefficient (Wildman–Crippen LogP) is 1.93. The summed E-state index contributed by atoms with van der Waals surface area (Å²) < 4.78 is 2.91. The van der Waals surface area contributed by atoms with E-state index in [1.165, 1.54) is 0 Å². The van der Waals surface area contributed by atoms with Gasteiger partial charge in [-0.25, -0.2) is 0 Å². The van der Waals surface area contributed by atoms with Crippen molar-refractivity contribution in [3.63, 3.8) is 0 Å². The van der Waals surface area contributed by atoms with Crippen LogP contribution in [0, 0.1) is 0 Å². The number of aromatic nitrogens is 1. The Kier molecular flexibility index (Phi) is 3.09. The molecule has 0 fully saturated rings. The molecule has 0 radical (unpaired) electrons. The fourth-order valence-corrected chi connectivity index (χ4v) is 2.19. The fourth-order valence-electron chi connectivity index (χ4n) is 1.70. The van der Waals surface area contributed by atoms with Crippen molar-refractivity contribution in [1.29, 1.82) is 0 Å². The molecule has 0 saturated heterocycles. The molecule has 1 heterocycles. The normalized spacial score (nSPS) is 11.5. The molecule has 0 amide bonds. The first-order valence-corrected chi connectivity index (χ1v) is 5.54. The van der Waals surface area contributed by atoms with Crippen LogP contribution in [0.4, 0.5) is 0 Å². The molecule has 1 aromatic carbocycles. The summed E-state index contributed by atoms with van der Waals surface area (Å²) in [6.07, 6.45) is 1.88. The van der Waals surface area contributed by atoms with Gasteiger partial charge in [-0.05, 0) is 18.2 Å². The maximum Gasteiger partial charge on any atom is 0.0798 e. The minimum Gasteiger partial charge on any atom is -0.394 e. The Bertz CT molecular complexity index is 463. The first-order chi connectivity index (χ1) is 7.27. The summed E-state index contributed by atoms with van der Waals surface area (Å²) in [4.78, 5) is 0. The van der Waals surface area contributed by atoms with Gasteiger partial charge in [-0.2, -0.15) is 0 Å². The van der Waals surface area contributed by atoms with E-state index in [-0.39, 0.29) is 19.3 Å². The predicted molar refractivity (Wildman–Crippen MR) is 62.8 cm³/mol. The number of halogens is 1. The van der Waals surface area contributed by atoms with Gasteiger partial charge in [0, 0.05) is 21.6 Å². The quantitative estimate of drug-likeness (QED) is 0.895. The molecule has 0 aliphatic rings. The Labute approximate surface area is 96.1 Å². The van der Waals surface area contributed by atoms with E-state index in [0.29, 0.717) is 0 Å². The molecule has 0 spiro atoms. The van der Waals surface area contributed by atoms with Crippen molar-refractivity contribution in [2.45, 2.75) is 6.04 Å². The summed E-state index contributed by atoms with van der Waals surface area (Å²) in [7, 11) is 0. The minimum atomic E-state index is -0.267. The van der Waals surface area contributed by atoms with E-state index in [9.17, 15) is 0 Å². The van der Waals surface area contributed by atoms with Crippen molar-refractivity contribution < 1.29 is 10.2 Å². The summed E-state index contributed by atoms with van der Waals surface area (Å²) in [6.45, 7) is -0.125. The maximum atomic E-state index is 9.13. The third-order valence-electron chi connectivity index (χ3n) is 2.52. The lowest BCUT2D eigenvalue weighted by Crippen LogP contribution is -2.16. The Morgan fingerprint density at radius 3 is 2.60 bits per heavy atom. The van der Waals surface area contributed by atoms with E-state index in [0.717, 1.165) is 15.4 Å². The van der Waals surface area contributed by atoms with Gasteiger partial charge in [0.05, 0.1) is 19.3 Å². The SMILES string of the molecule is OCC(CO)n1ccc2c(Br)cccc21. The summed E-state index contributed by atoms with van der Waals surface area (Å²) in [5, 5.41) is 19.4. The zero-order chi connectivity index (χ0) is 10.8. The van der Waals surface area contributed by atoms with Gasteiger partial charge in [-0.3, -0.25) is 0 Å². The number of aliphatic hydroxyl groups is 2. The van der Waals surface area contributed by atoms with Crippen molar-refractivity contribution in [3.8, 4) is 0 Å². The Morgan fingerprint density at radius 1 is 1.20 bits per heavy atom. The van der Waals surface area contributed by atoms with Crippen LogP contribution < -0.4 is 0 Å². The highest BCUT2D eigenvalue weighted by Gasteiger charge is 2.11. The molecular formula is C11H12BrNO2. The first-order valence-electron chi connectivity index (χ1n) is 4.74. The van der Waals surface area contributed by atoms with E-state index in [1.807, 2.05) is 35.0 Å². The van der Waals surface area contributed by atoms with Crippen molar-refractivity contribution in [1.82, 2.24) is 4.57 Å². The lowest BCUT2D eigenvalue weighted by atomic mass is 10.2. The van der Waals surface area contributed by atoms with Crippen LogP contribution in [0.15, 0.2) is 34.9 Å². The minimum absolute atomic E-state index is 0.0627. The summed E-state index contributed by atoms with van der Waals surface area (Å²) in [5.41, 5.74) is 1.01. The molecule has 2 N–H and O–H groups in total. The van der Waals surface area contributed by atoms with Crippen molar-refractivity contribution >= 4 is 26.8 Å². The van der Waals surface area contributed by atoms with E-state index in [2.05, 4.69) is 15.9 Å². The average Bonchev–Trinajstić information content (AvgIpc) is 2.66. The van der Waals surface area contributed by atoms with Crippen molar-refractivity contribution in [3.05, 3.63) is 34.9 Å². The molecule has 2 rings (SSSR count). The summed E-state index contributed by atoms with van der Waals surface area (Å²) in [5.74, 6) is 0. The highest BCUT2D eigenvalue weighted by atomic mass is 79.9. The van der Waals surface area contributed by atoms with Crippen LogP contribution in [0.1, 0.15) is 6.04 Å². The van der Waals surface area contributed by atoms with Gasteiger partial charge in [-0.1, -0.05) is 22.0 Å². The third kappa shape index (κ3) is 1.80. The molecular weight excluding hydrogens is 258 g/mol. The molecule has 0 aliphatic carbocycles. The highest BCUT2D eigenvalue weighted by Crippen LogP contribution is 2.26. The second-order valence-corrected chi connectivity index (χ2v) is 4.27. The molecule has 0 unspecified atom stereocenters. The molecule has 0 saturated carbocycles. The number of hydrogen-bond acceptors (Lipinski definition) is 2. The number of hydrogen-bond donors (Lipinski definition) is 2. The van der Waals surface area contributed by atoms with E-state index < -0.39 is 0 Å². The number of rotatable bonds is 3. The lowest BCUT2D eigenvalue weighted by molar-refractivity contribution is 0.157. The largest absolute Gasteiger partial charge is 0.394 e. The fraction of sp³-hybridized carbons (Fsp3) is 0.273. The summed E-state index contributed by atoms with van der Waals surface area (Å²) >= 11 is 3.46. The lowest BCUT2D eigenvalue weighted by Gasteiger charge is -2.14. The topological polar surface area (TPSA) is 45.4 Å². The van der Waals surface area contributed by atoms with Crippen LogP contribution in [0.3, 0.4) is 0 Å². The second kappa shape index (κ2) is 4.35. The molecule has 4 heteroatoms. The van der Waals surface area contributed by atoms with Crippen LogP contribution in [0.2, 0.25) is 0 Å². The number of nitrogens with zero attached hydrogens (tertiary/aromatic N) is 1. The average molecular weight is 270 g/mol. The molecule has 15 heavy (non-hydrogen) atoms. The van der Waals surface area contributed by atoms with Gasteiger partial charge in [0.2, 0.25) is 0 Å². The van der Waals surface area contributed by atoms with Gasteiger partial charge in [0.15, 0.2) is 0 Å². The van der Waals surface area contributed by atoms with E-state index in [1.54, 1.807) is 0 Å². The molecule has 2 aromatic rings.